The fourth-order valence-electron chi connectivity index (χ4n) is 1.57. The van der Waals surface area contributed by atoms with Crippen LogP contribution in [0.5, 0.6) is 11.6 Å². The Kier molecular flexibility index (Phi) is 3.84. The van der Waals surface area contributed by atoms with Crippen molar-refractivity contribution in [3.8, 4) is 11.6 Å². The first kappa shape index (κ1) is 12.4. The van der Waals surface area contributed by atoms with Gasteiger partial charge in [0.2, 0.25) is 5.88 Å². The molecule has 2 rings (SSSR count). The van der Waals surface area contributed by atoms with Gasteiger partial charge in [0, 0.05) is 23.9 Å². The molecule has 18 heavy (non-hydrogen) atoms. The summed E-state index contributed by atoms with van der Waals surface area (Å²) in [7, 11) is 0. The summed E-state index contributed by atoms with van der Waals surface area (Å²) in [5.74, 6) is 0.403. The smallest absolute Gasteiger partial charge is 0.222 e. The number of hydrogen-bond acceptors (Lipinski definition) is 4. The van der Waals surface area contributed by atoms with Gasteiger partial charge in [0.05, 0.1) is 0 Å². The van der Waals surface area contributed by atoms with E-state index >= 15 is 0 Å². The zero-order valence-corrected chi connectivity index (χ0v) is 10.1. The first-order chi connectivity index (χ1) is 8.74. The van der Waals surface area contributed by atoms with Gasteiger partial charge in [0.1, 0.15) is 17.9 Å². The van der Waals surface area contributed by atoms with Crippen LogP contribution in [0.3, 0.4) is 0 Å². The van der Waals surface area contributed by atoms with Crippen molar-refractivity contribution in [1.29, 1.82) is 0 Å². The van der Waals surface area contributed by atoms with Gasteiger partial charge in [0.25, 0.3) is 0 Å². The number of rotatable bonds is 4. The fraction of sp³-hybridized carbons (Fsp3) is 0.231. The summed E-state index contributed by atoms with van der Waals surface area (Å²) in [5, 5.41) is 0. The molecular formula is C13H14FN3O. The maximum absolute atomic E-state index is 13.5. The minimum absolute atomic E-state index is 0.0771. The minimum atomic E-state index is -0.375. The normalized spacial score (nSPS) is 10.4. The van der Waals surface area contributed by atoms with Crippen LogP contribution in [0.2, 0.25) is 0 Å². The van der Waals surface area contributed by atoms with Crippen molar-refractivity contribution in [1.82, 2.24) is 9.97 Å². The number of ether oxygens (including phenoxy) is 1. The van der Waals surface area contributed by atoms with E-state index in [1.807, 2.05) is 6.92 Å². The number of halogens is 1. The summed E-state index contributed by atoms with van der Waals surface area (Å²) in [4.78, 5) is 8.06. The summed E-state index contributed by atoms with van der Waals surface area (Å²) >= 11 is 0. The number of benzene rings is 1. The van der Waals surface area contributed by atoms with E-state index in [0.29, 0.717) is 17.2 Å². The van der Waals surface area contributed by atoms with E-state index in [-0.39, 0.29) is 12.4 Å². The third-order valence-electron chi connectivity index (χ3n) is 2.56. The third kappa shape index (κ3) is 2.62. The second-order valence-corrected chi connectivity index (χ2v) is 3.72. The van der Waals surface area contributed by atoms with E-state index in [4.69, 9.17) is 10.5 Å². The van der Waals surface area contributed by atoms with Crippen molar-refractivity contribution in [2.75, 3.05) is 0 Å². The highest BCUT2D eigenvalue weighted by molar-refractivity contribution is 5.37. The fourth-order valence-corrected chi connectivity index (χ4v) is 1.57. The van der Waals surface area contributed by atoms with Gasteiger partial charge in [-0.25, -0.2) is 14.4 Å². The van der Waals surface area contributed by atoms with Crippen molar-refractivity contribution < 1.29 is 9.13 Å². The van der Waals surface area contributed by atoms with Crippen LogP contribution in [0.25, 0.3) is 0 Å². The molecule has 0 bridgehead atoms. The molecule has 0 saturated heterocycles. The maximum Gasteiger partial charge on any atom is 0.222 e. The highest BCUT2D eigenvalue weighted by Crippen LogP contribution is 2.25. The van der Waals surface area contributed by atoms with Gasteiger partial charge < -0.3 is 10.5 Å². The van der Waals surface area contributed by atoms with E-state index in [2.05, 4.69) is 9.97 Å². The van der Waals surface area contributed by atoms with E-state index in [0.717, 1.165) is 12.1 Å². The lowest BCUT2D eigenvalue weighted by Crippen LogP contribution is -2.03. The van der Waals surface area contributed by atoms with Crippen LogP contribution in [0.1, 0.15) is 18.2 Å². The van der Waals surface area contributed by atoms with E-state index in [9.17, 15) is 4.39 Å². The Labute approximate surface area is 105 Å². The largest absolute Gasteiger partial charge is 0.438 e. The number of aromatic nitrogens is 2. The van der Waals surface area contributed by atoms with E-state index < -0.39 is 0 Å². The zero-order chi connectivity index (χ0) is 13.0. The van der Waals surface area contributed by atoms with Crippen LogP contribution in [-0.2, 0) is 13.0 Å². The monoisotopic (exact) mass is 247 g/mol. The van der Waals surface area contributed by atoms with E-state index in [1.165, 1.54) is 12.4 Å². The van der Waals surface area contributed by atoms with Crippen LogP contribution in [0.15, 0.2) is 30.6 Å². The van der Waals surface area contributed by atoms with Crippen molar-refractivity contribution in [2.24, 2.45) is 5.73 Å². The molecule has 1 heterocycles. The lowest BCUT2D eigenvalue weighted by molar-refractivity contribution is 0.447. The van der Waals surface area contributed by atoms with Crippen LogP contribution >= 0.6 is 0 Å². The van der Waals surface area contributed by atoms with Crippen LogP contribution in [-0.4, -0.2) is 9.97 Å². The molecule has 1 aromatic heterocycles. The summed E-state index contributed by atoms with van der Waals surface area (Å²) in [5.41, 5.74) is 6.72. The van der Waals surface area contributed by atoms with Crippen molar-refractivity contribution in [3.63, 3.8) is 0 Å². The van der Waals surface area contributed by atoms with Crippen LogP contribution in [0, 0.1) is 5.82 Å². The maximum atomic E-state index is 13.5. The molecule has 4 nitrogen and oxygen atoms in total. The first-order valence-electron chi connectivity index (χ1n) is 5.70. The Morgan fingerprint density at radius 1 is 1.33 bits per heavy atom. The topological polar surface area (TPSA) is 61.0 Å². The first-order valence-corrected chi connectivity index (χ1v) is 5.70. The second-order valence-electron chi connectivity index (χ2n) is 3.72. The van der Waals surface area contributed by atoms with Gasteiger partial charge in [-0.2, -0.15) is 0 Å². The number of nitrogens with two attached hydrogens (primary N) is 1. The molecule has 0 aliphatic rings. The Morgan fingerprint density at radius 3 is 2.89 bits per heavy atom. The van der Waals surface area contributed by atoms with Gasteiger partial charge in [0.15, 0.2) is 0 Å². The molecule has 0 aliphatic heterocycles. The highest BCUT2D eigenvalue weighted by atomic mass is 19.1. The third-order valence-corrected chi connectivity index (χ3v) is 2.56. The molecule has 2 aromatic rings. The van der Waals surface area contributed by atoms with Crippen LogP contribution in [0.4, 0.5) is 4.39 Å². The van der Waals surface area contributed by atoms with Gasteiger partial charge in [-0.1, -0.05) is 13.0 Å². The number of hydrogen-bond donors (Lipinski definition) is 1. The van der Waals surface area contributed by atoms with Gasteiger partial charge in [-0.3, -0.25) is 0 Å². The summed E-state index contributed by atoms with van der Waals surface area (Å²) < 4.78 is 19.1. The van der Waals surface area contributed by atoms with Crippen molar-refractivity contribution in [2.45, 2.75) is 19.9 Å². The molecule has 5 heteroatoms. The standard InChI is InChI=1S/C13H14FN3O/c1-2-9-6-13(17-8-16-9)18-12-5-3-4-11(14)10(12)7-15/h3-6,8H,2,7,15H2,1H3. The molecule has 0 unspecified atom stereocenters. The average molecular weight is 247 g/mol. The van der Waals surface area contributed by atoms with Gasteiger partial charge in [-0.15, -0.1) is 0 Å². The SMILES string of the molecule is CCc1cc(Oc2cccc(F)c2CN)ncn1. The minimum Gasteiger partial charge on any atom is -0.438 e. The molecule has 2 N–H and O–H groups in total. The molecule has 0 atom stereocenters. The predicted octanol–water partition coefficient (Wildman–Crippen LogP) is 2.43. The average Bonchev–Trinajstić information content (AvgIpc) is 2.39. The molecule has 0 aliphatic carbocycles. The highest BCUT2D eigenvalue weighted by Gasteiger charge is 2.09. The summed E-state index contributed by atoms with van der Waals surface area (Å²) in [6.07, 6.45) is 2.21. The molecule has 94 valence electrons. The van der Waals surface area contributed by atoms with E-state index in [1.54, 1.807) is 18.2 Å². The molecular weight excluding hydrogens is 233 g/mol. The molecule has 0 amide bonds. The Bertz CT molecular complexity index is 546. The molecule has 0 fully saturated rings. The molecule has 0 radical (unpaired) electrons. The van der Waals surface area contributed by atoms with Crippen LogP contribution < -0.4 is 10.5 Å². The molecule has 1 aromatic carbocycles. The number of aryl methyl sites for hydroxylation is 1. The van der Waals surface area contributed by atoms with Gasteiger partial charge >= 0.3 is 0 Å². The summed E-state index contributed by atoms with van der Waals surface area (Å²) in [6, 6.07) is 6.32. The van der Waals surface area contributed by atoms with Crippen molar-refractivity contribution in [3.05, 3.63) is 47.7 Å². The lowest BCUT2D eigenvalue weighted by Gasteiger charge is -2.10. The molecule has 0 spiro atoms. The van der Waals surface area contributed by atoms with Crippen molar-refractivity contribution >= 4 is 0 Å². The van der Waals surface area contributed by atoms with Gasteiger partial charge in [-0.05, 0) is 18.6 Å². The summed E-state index contributed by atoms with van der Waals surface area (Å²) in [6.45, 7) is 2.06. The lowest BCUT2D eigenvalue weighted by atomic mass is 10.2. The zero-order valence-electron chi connectivity index (χ0n) is 10.1. The number of nitrogens with zero attached hydrogens (tertiary/aromatic N) is 2. The predicted molar refractivity (Wildman–Crippen MR) is 65.8 cm³/mol. The Hall–Kier alpha value is -2.01. The second kappa shape index (κ2) is 5.55. The Morgan fingerprint density at radius 2 is 2.17 bits per heavy atom. The Balaban J connectivity index is 2.30. The quantitative estimate of drug-likeness (QED) is 0.901. The molecule has 0 saturated carbocycles.